The predicted octanol–water partition coefficient (Wildman–Crippen LogP) is 1.00. The van der Waals surface area contributed by atoms with E-state index >= 15 is 0 Å². The third-order valence-corrected chi connectivity index (χ3v) is 8.23. The topological polar surface area (TPSA) is 113 Å². The number of nitrogens with one attached hydrogen (secondary N) is 2. The molecule has 0 unspecified atom stereocenters. The third kappa shape index (κ3) is 6.77. The molecule has 29 heavy (non-hydrogen) atoms. The number of carbonyl (C=O) groups excluding carboxylic acids is 1. The Morgan fingerprint density at radius 2 is 1.86 bits per heavy atom. The quantitative estimate of drug-likeness (QED) is 0.586. The van der Waals surface area contributed by atoms with Crippen molar-refractivity contribution in [3.8, 4) is 0 Å². The first-order chi connectivity index (χ1) is 13.4. The smallest absolute Gasteiger partial charge is 0.251 e. The van der Waals surface area contributed by atoms with Gasteiger partial charge in [0.15, 0.2) is 9.84 Å². The van der Waals surface area contributed by atoms with Gasteiger partial charge in [-0.25, -0.2) is 21.6 Å². The van der Waals surface area contributed by atoms with E-state index in [4.69, 9.17) is 0 Å². The van der Waals surface area contributed by atoms with Crippen molar-refractivity contribution in [1.82, 2.24) is 14.9 Å². The first-order valence-electron chi connectivity index (χ1n) is 9.78. The van der Waals surface area contributed by atoms with Crippen LogP contribution in [0, 0.1) is 0 Å². The van der Waals surface area contributed by atoms with Gasteiger partial charge in [0.05, 0.1) is 16.4 Å². The molecule has 2 rings (SSSR count). The lowest BCUT2D eigenvalue weighted by Crippen LogP contribution is -2.42. The van der Waals surface area contributed by atoms with E-state index in [1.807, 2.05) is 0 Å². The van der Waals surface area contributed by atoms with Crippen molar-refractivity contribution in [3.63, 3.8) is 0 Å². The molecule has 1 aliphatic rings. The lowest BCUT2D eigenvalue weighted by molar-refractivity contribution is 0.0939. The van der Waals surface area contributed by atoms with E-state index in [9.17, 15) is 21.6 Å². The molecule has 1 aliphatic heterocycles. The summed E-state index contributed by atoms with van der Waals surface area (Å²) in [6, 6.07) is 5.82. The van der Waals surface area contributed by atoms with Gasteiger partial charge in [0.2, 0.25) is 10.0 Å². The molecule has 0 bridgehead atoms. The summed E-state index contributed by atoms with van der Waals surface area (Å²) in [7, 11) is -7.11. The highest BCUT2D eigenvalue weighted by Gasteiger charge is 2.31. The van der Waals surface area contributed by atoms with Gasteiger partial charge in [0, 0.05) is 36.8 Å². The van der Waals surface area contributed by atoms with Gasteiger partial charge >= 0.3 is 0 Å². The fraction of sp³-hybridized carbons (Fsp3) is 0.632. The highest BCUT2D eigenvalue weighted by molar-refractivity contribution is 7.92. The van der Waals surface area contributed by atoms with Gasteiger partial charge in [-0.3, -0.25) is 9.69 Å². The minimum atomic E-state index is -3.91. The van der Waals surface area contributed by atoms with Crippen LogP contribution in [0.3, 0.4) is 0 Å². The van der Waals surface area contributed by atoms with Crippen LogP contribution in [-0.2, 0) is 19.9 Å². The van der Waals surface area contributed by atoms with E-state index in [2.05, 4.69) is 42.6 Å². The molecule has 0 spiro atoms. The first kappa shape index (κ1) is 23.8. The summed E-state index contributed by atoms with van der Waals surface area (Å²) in [5.74, 6) is -0.570. The van der Waals surface area contributed by atoms with E-state index in [1.54, 1.807) is 6.07 Å². The van der Waals surface area contributed by atoms with Gasteiger partial charge < -0.3 is 5.32 Å². The molecule has 1 amide bonds. The SMILES string of the molecule is CC(C)N(CCNC(=O)c1cccc(S(=O)(=O)N[C@H]2CCS(=O)(=O)C2)c1)C(C)C. The second kappa shape index (κ2) is 9.55. The fourth-order valence-corrected chi connectivity index (χ4v) is 6.59. The van der Waals surface area contributed by atoms with Gasteiger partial charge in [-0.1, -0.05) is 6.07 Å². The minimum absolute atomic E-state index is 0.0214. The van der Waals surface area contributed by atoms with Crippen LogP contribution in [0.2, 0.25) is 0 Å². The summed E-state index contributed by atoms with van der Waals surface area (Å²) >= 11 is 0. The Kier molecular flexibility index (Phi) is 7.83. The molecule has 1 fully saturated rings. The number of hydrogen-bond acceptors (Lipinski definition) is 6. The average Bonchev–Trinajstić information content (AvgIpc) is 2.95. The molecule has 0 saturated carbocycles. The number of carbonyl (C=O) groups is 1. The summed E-state index contributed by atoms with van der Waals surface area (Å²) in [6.45, 7) is 9.52. The number of amides is 1. The Balaban J connectivity index is 2.01. The molecule has 1 saturated heterocycles. The van der Waals surface area contributed by atoms with E-state index in [0.717, 1.165) is 0 Å². The number of hydrogen-bond donors (Lipinski definition) is 2. The summed E-state index contributed by atoms with van der Waals surface area (Å²) in [4.78, 5) is 14.6. The standard InChI is InChI=1S/C19H31N3O5S2/c1-14(2)22(15(3)4)10-9-20-19(23)16-6-5-7-18(12-16)29(26,27)21-17-8-11-28(24,25)13-17/h5-7,12,14-15,17,21H,8-11,13H2,1-4H3,(H,20,23)/t17-/m0/s1. The normalized spacial score (nSPS) is 19.2. The van der Waals surface area contributed by atoms with Crippen molar-refractivity contribution in [2.45, 2.75) is 57.1 Å². The van der Waals surface area contributed by atoms with Crippen molar-refractivity contribution < 1.29 is 21.6 Å². The van der Waals surface area contributed by atoms with Crippen LogP contribution in [0.25, 0.3) is 0 Å². The van der Waals surface area contributed by atoms with E-state index < -0.39 is 25.9 Å². The maximum absolute atomic E-state index is 12.6. The maximum atomic E-state index is 12.6. The maximum Gasteiger partial charge on any atom is 0.251 e. The summed E-state index contributed by atoms with van der Waals surface area (Å²) in [5.41, 5.74) is 0.243. The predicted molar refractivity (Wildman–Crippen MR) is 113 cm³/mol. The van der Waals surface area contributed by atoms with Crippen molar-refractivity contribution in [2.24, 2.45) is 0 Å². The molecule has 8 nitrogen and oxygen atoms in total. The molecule has 0 radical (unpaired) electrons. The largest absolute Gasteiger partial charge is 0.351 e. The lowest BCUT2D eigenvalue weighted by Gasteiger charge is -2.30. The summed E-state index contributed by atoms with van der Waals surface area (Å²) in [6.07, 6.45) is 0.254. The highest BCUT2D eigenvalue weighted by Crippen LogP contribution is 2.17. The second-order valence-electron chi connectivity index (χ2n) is 7.93. The molecule has 164 valence electrons. The lowest BCUT2D eigenvalue weighted by atomic mass is 10.2. The zero-order chi connectivity index (χ0) is 21.8. The number of sulfone groups is 1. The van der Waals surface area contributed by atoms with Crippen molar-refractivity contribution in [3.05, 3.63) is 29.8 Å². The van der Waals surface area contributed by atoms with Crippen LogP contribution in [0.4, 0.5) is 0 Å². The van der Waals surface area contributed by atoms with Crippen LogP contribution < -0.4 is 10.0 Å². The third-order valence-electron chi connectivity index (χ3n) is 4.94. The Labute approximate surface area is 174 Å². The van der Waals surface area contributed by atoms with Crippen LogP contribution in [0.1, 0.15) is 44.5 Å². The number of nitrogens with zero attached hydrogens (tertiary/aromatic N) is 1. The van der Waals surface area contributed by atoms with Gasteiger partial charge in [-0.15, -0.1) is 0 Å². The minimum Gasteiger partial charge on any atom is -0.351 e. The average molecular weight is 446 g/mol. The molecule has 2 N–H and O–H groups in total. The van der Waals surface area contributed by atoms with Gasteiger partial charge in [-0.2, -0.15) is 0 Å². The number of rotatable bonds is 9. The van der Waals surface area contributed by atoms with Crippen LogP contribution >= 0.6 is 0 Å². The van der Waals surface area contributed by atoms with Crippen LogP contribution in [0.5, 0.6) is 0 Å². The Bertz CT molecular complexity index is 919. The Morgan fingerprint density at radius 3 is 2.41 bits per heavy atom. The van der Waals surface area contributed by atoms with E-state index in [0.29, 0.717) is 25.2 Å². The highest BCUT2D eigenvalue weighted by atomic mass is 32.2. The first-order valence-corrected chi connectivity index (χ1v) is 13.1. The van der Waals surface area contributed by atoms with Gasteiger partial charge in [0.1, 0.15) is 0 Å². The van der Waals surface area contributed by atoms with Crippen molar-refractivity contribution in [1.29, 1.82) is 0 Å². The van der Waals surface area contributed by atoms with E-state index in [-0.39, 0.29) is 34.3 Å². The van der Waals surface area contributed by atoms with Gasteiger partial charge in [0.25, 0.3) is 5.91 Å². The molecule has 1 atom stereocenters. The van der Waals surface area contributed by atoms with Crippen LogP contribution in [0.15, 0.2) is 29.2 Å². The molecule has 0 aromatic heterocycles. The Hall–Kier alpha value is -1.49. The molecular weight excluding hydrogens is 414 g/mol. The van der Waals surface area contributed by atoms with E-state index in [1.165, 1.54) is 18.2 Å². The van der Waals surface area contributed by atoms with Gasteiger partial charge in [-0.05, 0) is 52.3 Å². The Morgan fingerprint density at radius 1 is 1.21 bits per heavy atom. The second-order valence-corrected chi connectivity index (χ2v) is 11.9. The molecule has 1 heterocycles. The molecule has 1 aromatic rings. The number of sulfonamides is 1. The monoisotopic (exact) mass is 445 g/mol. The zero-order valence-corrected chi connectivity index (χ0v) is 19.0. The molecule has 1 aromatic carbocycles. The van der Waals surface area contributed by atoms with Crippen molar-refractivity contribution >= 4 is 25.8 Å². The number of benzene rings is 1. The van der Waals surface area contributed by atoms with Crippen molar-refractivity contribution in [2.75, 3.05) is 24.6 Å². The summed E-state index contributed by atoms with van der Waals surface area (Å²) < 4.78 is 50.7. The molecule has 10 heteroatoms. The molecular formula is C19H31N3O5S2. The zero-order valence-electron chi connectivity index (χ0n) is 17.4. The molecule has 0 aliphatic carbocycles. The summed E-state index contributed by atoms with van der Waals surface area (Å²) in [5, 5.41) is 2.83. The fourth-order valence-electron chi connectivity index (χ4n) is 3.49. The van der Waals surface area contributed by atoms with Crippen LogP contribution in [-0.4, -0.2) is 70.4 Å².